The number of carbonyl (C=O) groups excluding carboxylic acids is 2. The second-order valence-corrected chi connectivity index (χ2v) is 9.20. The lowest BCUT2D eigenvalue weighted by Crippen LogP contribution is -2.53. The van der Waals surface area contributed by atoms with Gasteiger partial charge in [-0.25, -0.2) is 4.39 Å². The highest BCUT2D eigenvalue weighted by Gasteiger charge is 2.26. The molecule has 0 aromatic heterocycles. The van der Waals surface area contributed by atoms with Crippen molar-refractivity contribution < 1.29 is 18.7 Å². The molecule has 8 heteroatoms. The Hall–Kier alpha value is -2.90. The minimum absolute atomic E-state index is 0.0196. The Bertz CT molecular complexity index is 1060. The second kappa shape index (κ2) is 11.5. The third kappa shape index (κ3) is 7.05. The minimum atomic E-state index is -0.246. The molecule has 3 rings (SSSR count). The first kappa shape index (κ1) is 25.7. The summed E-state index contributed by atoms with van der Waals surface area (Å²) in [5.74, 6) is -0.102. The van der Waals surface area contributed by atoms with E-state index >= 15 is 0 Å². The van der Waals surface area contributed by atoms with Crippen molar-refractivity contribution in [2.45, 2.75) is 46.4 Å². The largest absolute Gasteiger partial charge is 0.489 e. The van der Waals surface area contributed by atoms with E-state index < -0.39 is 0 Å². The van der Waals surface area contributed by atoms with Gasteiger partial charge in [-0.05, 0) is 56.7 Å². The number of benzene rings is 2. The zero-order valence-electron chi connectivity index (χ0n) is 20.0. The van der Waals surface area contributed by atoms with Gasteiger partial charge < -0.3 is 15.0 Å². The number of halogens is 2. The van der Waals surface area contributed by atoms with Gasteiger partial charge >= 0.3 is 0 Å². The van der Waals surface area contributed by atoms with Gasteiger partial charge in [-0.15, -0.1) is 0 Å². The van der Waals surface area contributed by atoms with Crippen LogP contribution in [0.25, 0.3) is 6.08 Å². The number of piperazine rings is 1. The number of amides is 2. The Morgan fingerprint density at radius 2 is 1.94 bits per heavy atom. The Kier molecular flexibility index (Phi) is 8.69. The Balaban J connectivity index is 1.69. The topological polar surface area (TPSA) is 61.9 Å². The lowest BCUT2D eigenvalue weighted by molar-refractivity contribution is -0.130. The summed E-state index contributed by atoms with van der Waals surface area (Å²) >= 11 is 6.31. The van der Waals surface area contributed by atoms with Crippen LogP contribution in [0.3, 0.4) is 0 Å². The van der Waals surface area contributed by atoms with E-state index in [4.69, 9.17) is 16.3 Å². The highest BCUT2D eigenvalue weighted by molar-refractivity contribution is 6.32. The second-order valence-electron chi connectivity index (χ2n) is 8.79. The SMILES string of the molecule is CC(=O)Nc1cc(Cl)c(OC(C)C)cc1/C=C/C(=O)N1CCN(Cc2ccc(F)cc2)C[C@H]1C. The number of anilines is 1. The summed E-state index contributed by atoms with van der Waals surface area (Å²) in [7, 11) is 0. The molecule has 2 amide bonds. The van der Waals surface area contributed by atoms with E-state index in [1.165, 1.54) is 25.1 Å². The van der Waals surface area contributed by atoms with Crippen LogP contribution >= 0.6 is 11.6 Å². The molecule has 2 aromatic rings. The van der Waals surface area contributed by atoms with E-state index in [1.807, 2.05) is 25.7 Å². The zero-order chi connectivity index (χ0) is 24.8. The fraction of sp³-hybridized carbons (Fsp3) is 0.385. The maximum atomic E-state index is 13.1. The summed E-state index contributed by atoms with van der Waals surface area (Å²) < 4.78 is 18.9. The number of hydrogen-bond acceptors (Lipinski definition) is 4. The molecule has 1 fully saturated rings. The lowest BCUT2D eigenvalue weighted by atomic mass is 10.1. The van der Waals surface area contributed by atoms with Crippen LogP contribution in [0.15, 0.2) is 42.5 Å². The van der Waals surface area contributed by atoms with E-state index in [0.717, 1.165) is 18.7 Å². The molecule has 1 aliphatic rings. The van der Waals surface area contributed by atoms with E-state index in [0.29, 0.717) is 35.1 Å². The smallest absolute Gasteiger partial charge is 0.246 e. The fourth-order valence-electron chi connectivity index (χ4n) is 3.96. The summed E-state index contributed by atoms with van der Waals surface area (Å²) in [6, 6.07) is 9.88. The molecule has 0 saturated carbocycles. The van der Waals surface area contributed by atoms with Crippen LogP contribution in [-0.4, -0.2) is 53.4 Å². The molecular weight excluding hydrogens is 457 g/mol. The molecular formula is C26H31ClFN3O3. The predicted octanol–water partition coefficient (Wildman–Crippen LogP) is 4.97. The summed E-state index contributed by atoms with van der Waals surface area (Å²) in [6.45, 7) is 9.98. The van der Waals surface area contributed by atoms with Crippen molar-refractivity contribution in [3.05, 3.63) is 64.4 Å². The third-order valence-corrected chi connectivity index (χ3v) is 5.79. The first-order valence-electron chi connectivity index (χ1n) is 11.4. The van der Waals surface area contributed by atoms with E-state index in [1.54, 1.807) is 30.3 Å². The lowest BCUT2D eigenvalue weighted by Gasteiger charge is -2.39. The van der Waals surface area contributed by atoms with E-state index in [2.05, 4.69) is 10.2 Å². The van der Waals surface area contributed by atoms with Crippen molar-refractivity contribution in [1.29, 1.82) is 0 Å². The number of nitrogens with one attached hydrogen (secondary N) is 1. The number of hydrogen-bond donors (Lipinski definition) is 1. The van der Waals surface area contributed by atoms with Crippen LogP contribution in [0.4, 0.5) is 10.1 Å². The maximum Gasteiger partial charge on any atom is 0.246 e. The quantitative estimate of drug-likeness (QED) is 0.560. The molecule has 0 aliphatic carbocycles. The monoisotopic (exact) mass is 487 g/mol. The van der Waals surface area contributed by atoms with Crippen molar-refractivity contribution in [3.8, 4) is 5.75 Å². The summed E-state index contributed by atoms with van der Waals surface area (Å²) in [5.41, 5.74) is 2.18. The van der Waals surface area contributed by atoms with Crippen LogP contribution < -0.4 is 10.1 Å². The molecule has 0 spiro atoms. The van der Waals surface area contributed by atoms with Gasteiger partial charge in [-0.2, -0.15) is 0 Å². The van der Waals surface area contributed by atoms with E-state index in [-0.39, 0.29) is 29.8 Å². The van der Waals surface area contributed by atoms with Crippen molar-refractivity contribution in [2.24, 2.45) is 0 Å². The minimum Gasteiger partial charge on any atom is -0.489 e. The molecule has 1 heterocycles. The Morgan fingerprint density at radius 3 is 2.56 bits per heavy atom. The highest BCUT2D eigenvalue weighted by Crippen LogP contribution is 2.33. The molecule has 34 heavy (non-hydrogen) atoms. The summed E-state index contributed by atoms with van der Waals surface area (Å²) in [5, 5.41) is 3.14. The van der Waals surface area contributed by atoms with Crippen LogP contribution in [0.1, 0.15) is 38.8 Å². The first-order valence-corrected chi connectivity index (χ1v) is 11.7. The number of nitrogens with zero attached hydrogens (tertiary/aromatic N) is 2. The van der Waals surface area contributed by atoms with E-state index in [9.17, 15) is 14.0 Å². The van der Waals surface area contributed by atoms with Gasteiger partial charge in [0.05, 0.1) is 11.1 Å². The number of rotatable bonds is 7. The van der Waals surface area contributed by atoms with Crippen LogP contribution in [0.5, 0.6) is 5.75 Å². The van der Waals surface area contributed by atoms with Crippen molar-refractivity contribution in [1.82, 2.24) is 9.80 Å². The summed E-state index contributed by atoms with van der Waals surface area (Å²) in [6.07, 6.45) is 3.11. The molecule has 0 unspecified atom stereocenters. The molecule has 1 N–H and O–H groups in total. The van der Waals surface area contributed by atoms with Crippen molar-refractivity contribution in [2.75, 3.05) is 25.0 Å². The van der Waals surface area contributed by atoms with Gasteiger partial charge in [0.25, 0.3) is 0 Å². The first-order chi connectivity index (χ1) is 16.1. The molecule has 1 aliphatic heterocycles. The molecule has 182 valence electrons. The van der Waals surface area contributed by atoms with Crippen LogP contribution in [0, 0.1) is 5.82 Å². The van der Waals surface area contributed by atoms with Crippen LogP contribution in [-0.2, 0) is 16.1 Å². The average molecular weight is 488 g/mol. The van der Waals surface area contributed by atoms with Gasteiger partial charge in [-0.3, -0.25) is 14.5 Å². The zero-order valence-corrected chi connectivity index (χ0v) is 20.7. The fourth-order valence-corrected chi connectivity index (χ4v) is 4.17. The van der Waals surface area contributed by atoms with Gasteiger partial charge in [0.2, 0.25) is 11.8 Å². The highest BCUT2D eigenvalue weighted by atomic mass is 35.5. The third-order valence-electron chi connectivity index (χ3n) is 5.50. The summed E-state index contributed by atoms with van der Waals surface area (Å²) in [4.78, 5) is 28.7. The Labute approximate surface area is 205 Å². The number of carbonyl (C=O) groups is 2. The molecule has 2 aromatic carbocycles. The van der Waals surface area contributed by atoms with Gasteiger partial charge in [-0.1, -0.05) is 23.7 Å². The molecule has 1 atom stereocenters. The van der Waals surface area contributed by atoms with Crippen molar-refractivity contribution in [3.63, 3.8) is 0 Å². The normalized spacial score (nSPS) is 16.8. The van der Waals surface area contributed by atoms with Gasteiger partial charge in [0.15, 0.2) is 0 Å². The van der Waals surface area contributed by atoms with Gasteiger partial charge in [0.1, 0.15) is 11.6 Å². The number of ether oxygens (including phenoxy) is 1. The molecule has 1 saturated heterocycles. The molecule has 0 radical (unpaired) electrons. The average Bonchev–Trinajstić information content (AvgIpc) is 2.75. The molecule has 0 bridgehead atoms. The van der Waals surface area contributed by atoms with Gasteiger partial charge in [0, 0.05) is 56.5 Å². The van der Waals surface area contributed by atoms with Crippen LogP contribution in [0.2, 0.25) is 5.02 Å². The predicted molar refractivity (Wildman–Crippen MR) is 133 cm³/mol. The maximum absolute atomic E-state index is 13.1. The standard InChI is InChI=1S/C26H31ClFN3O3/c1-17(2)34-25-13-21(24(14-23(25)27)29-19(4)32)7-10-26(33)31-12-11-30(15-18(31)3)16-20-5-8-22(28)9-6-20/h5-10,13-14,17-18H,11-12,15-16H2,1-4H3,(H,29,32)/b10-7+/t18-/m1/s1. The molecule has 6 nitrogen and oxygen atoms in total. The Morgan fingerprint density at radius 1 is 1.24 bits per heavy atom. The van der Waals surface area contributed by atoms with Crippen molar-refractivity contribution >= 4 is 35.2 Å².